The molecule has 10 aromatic carbocycles. The van der Waals surface area contributed by atoms with E-state index in [9.17, 15) is 19.5 Å². The maximum atomic E-state index is 12.3. The molecule has 10 heterocycles. The number of aryl methyl sites for hydroxylation is 3. The molecule has 4 N–H and O–H groups in total. The van der Waals surface area contributed by atoms with Gasteiger partial charge in [-0.05, 0) is 200 Å². The Morgan fingerprint density at radius 2 is 0.838 bits per heavy atom. The van der Waals surface area contributed by atoms with Crippen LogP contribution in [-0.4, -0.2) is 67.8 Å². The van der Waals surface area contributed by atoms with Crippen LogP contribution < -0.4 is 29.4 Å². The topological polar surface area (TPSA) is 217 Å². The van der Waals surface area contributed by atoms with Crippen molar-refractivity contribution in [2.24, 2.45) is 10.7 Å². The zero-order valence-corrected chi connectivity index (χ0v) is 66.8. The number of hydrogen-bond acceptors (Lipinski definition) is 16. The molecule has 5 atom stereocenters. The fraction of sp³-hybridized carbons (Fsp3) is 0.226. The zero-order chi connectivity index (χ0) is 73.1. The first kappa shape index (κ1) is 70.8. The molecule has 0 saturated carbocycles. The standard InChI is InChI=1S/C17H12Br2O3.C17H14INO2.C17H16N2O.C17H14O3.C16H10I2O4/c1-9-13(18)8-12-15(14(9)19)21-7-6-17(12)11-5-3-2-4-10(11)16(20)22-17;1-10-8-15-13(9-14(10)18)17(6-7-20-15)12-5-3-2-4-11(12)16(19)21-17;1-11-6-7-14-15(10-11)20-9-8-17(14)13-5-3-2-4-12(13)16(18)19-17;1-11-6-7-14-15(10-11)19-9-8-17(14)13-5-3-2-4-12(13)16(18)20-17;17-11-7-10-14(12(18)13(11)19)21-6-5-16(10)9-4-2-1-3-8(9)15(20)22-16/h2-5,8H,6-7H2,1H3;2-5,8-9,19H,6-7H2,1H3;2-7,10H,8-9H2,1H3,(H2,18,19);2-7,10H,8-9H2,1H3;1-4,7,19H,5-6H2. The number of phenols is 1. The highest BCUT2D eigenvalue weighted by Gasteiger charge is 2.55. The molecule has 530 valence electrons. The maximum absolute atomic E-state index is 12.3. The summed E-state index contributed by atoms with van der Waals surface area (Å²) in [5.74, 6) is 4.28. The number of phenolic OH excluding ortho intramolecular Hbond substituents is 1. The van der Waals surface area contributed by atoms with E-state index in [1.807, 2.05) is 141 Å². The fourth-order valence-corrected chi connectivity index (χ4v) is 19.6. The van der Waals surface area contributed by atoms with Crippen molar-refractivity contribution in [1.29, 1.82) is 5.41 Å². The van der Waals surface area contributed by atoms with Crippen molar-refractivity contribution in [1.82, 2.24) is 0 Å². The molecular weight excluding hydrogens is 1800 g/mol. The fourth-order valence-electron chi connectivity index (χ4n) is 16.1. The predicted molar refractivity (Wildman–Crippen MR) is 428 cm³/mol. The number of amidine groups is 1. The number of benzene rings is 10. The van der Waals surface area contributed by atoms with Gasteiger partial charge in [0, 0.05) is 101 Å². The first-order valence-electron chi connectivity index (χ1n) is 34.3. The van der Waals surface area contributed by atoms with Crippen LogP contribution in [0.5, 0.6) is 34.5 Å². The Labute approximate surface area is 663 Å². The second kappa shape index (κ2) is 27.4. The van der Waals surface area contributed by atoms with Gasteiger partial charge in [-0.25, -0.2) is 14.4 Å². The quantitative estimate of drug-likeness (QED) is 0.0731. The number of carbonyl (C=O) groups excluding carboxylic acids is 3. The van der Waals surface area contributed by atoms with Crippen LogP contribution in [0.2, 0.25) is 0 Å². The summed E-state index contributed by atoms with van der Waals surface area (Å²) in [7, 11) is 0. The van der Waals surface area contributed by atoms with Crippen molar-refractivity contribution in [2.75, 3.05) is 33.0 Å². The summed E-state index contributed by atoms with van der Waals surface area (Å²) in [4.78, 5) is 41.6. The van der Waals surface area contributed by atoms with E-state index in [0.29, 0.717) is 87.7 Å². The number of ether oxygens (including phenoxy) is 9. The Morgan fingerprint density at radius 1 is 0.429 bits per heavy atom. The minimum Gasteiger partial charge on any atom is -0.506 e. The molecule has 0 amide bonds. The molecule has 20 rings (SSSR count). The molecule has 10 aliphatic rings. The number of fused-ring (bicyclic) bond motifs is 20. The molecular formula is C84H66Br2I3N3O13. The maximum Gasteiger partial charge on any atom is 0.339 e. The van der Waals surface area contributed by atoms with Gasteiger partial charge in [-0.1, -0.05) is 137 Å². The van der Waals surface area contributed by atoms with Gasteiger partial charge in [0.15, 0.2) is 22.4 Å². The van der Waals surface area contributed by atoms with Crippen molar-refractivity contribution < 1.29 is 62.1 Å². The highest BCUT2D eigenvalue weighted by Crippen LogP contribution is 2.57. The van der Waals surface area contributed by atoms with E-state index in [1.165, 1.54) is 20.3 Å². The van der Waals surface area contributed by atoms with Gasteiger partial charge in [0.2, 0.25) is 5.90 Å². The number of aromatic hydroxyl groups is 1. The van der Waals surface area contributed by atoms with Crippen LogP contribution in [0.25, 0.3) is 0 Å². The van der Waals surface area contributed by atoms with Gasteiger partial charge < -0.3 is 53.5 Å². The normalized spacial score (nSPS) is 22.5. The minimum absolute atomic E-state index is 0.203. The Bertz CT molecular complexity index is 5260. The number of nitrogens with two attached hydrogens (primary N) is 1. The number of hydrogen-bond donors (Lipinski definition) is 3. The van der Waals surface area contributed by atoms with Crippen molar-refractivity contribution in [3.63, 3.8) is 0 Å². The lowest BCUT2D eigenvalue weighted by Gasteiger charge is -2.36. The molecule has 0 bridgehead atoms. The number of nitrogens with one attached hydrogen (secondary N) is 1. The van der Waals surface area contributed by atoms with Crippen molar-refractivity contribution >= 4 is 129 Å². The van der Waals surface area contributed by atoms with Gasteiger partial charge in [-0.3, -0.25) is 10.4 Å². The number of carbonyl (C=O) groups is 3. The number of esters is 3. The molecule has 0 aliphatic carbocycles. The molecule has 0 radical (unpaired) electrons. The van der Waals surface area contributed by atoms with Crippen molar-refractivity contribution in [2.45, 2.75) is 87.7 Å². The Balaban J connectivity index is 0.000000101. The summed E-state index contributed by atoms with van der Waals surface area (Å²) in [6, 6.07) is 59.4. The first-order valence-corrected chi connectivity index (χ1v) is 39.1. The molecule has 5 unspecified atom stereocenters. The number of rotatable bonds is 0. The Morgan fingerprint density at radius 3 is 1.39 bits per heavy atom. The molecule has 105 heavy (non-hydrogen) atoms. The summed E-state index contributed by atoms with van der Waals surface area (Å²) in [5.41, 5.74) is 21.3. The average molecular weight is 1870 g/mol. The van der Waals surface area contributed by atoms with E-state index >= 15 is 0 Å². The van der Waals surface area contributed by atoms with E-state index in [0.717, 1.165) is 117 Å². The van der Waals surface area contributed by atoms with Crippen LogP contribution in [-0.2, 0) is 46.9 Å². The smallest absolute Gasteiger partial charge is 0.339 e. The van der Waals surface area contributed by atoms with Crippen LogP contribution in [0.3, 0.4) is 0 Å². The van der Waals surface area contributed by atoms with Crippen LogP contribution in [0.4, 0.5) is 0 Å². The van der Waals surface area contributed by atoms with Crippen LogP contribution in [0.15, 0.2) is 196 Å². The zero-order valence-electron chi connectivity index (χ0n) is 57.2. The summed E-state index contributed by atoms with van der Waals surface area (Å²) in [6.45, 7) is 11.0. The first-order chi connectivity index (χ1) is 50.6. The van der Waals surface area contributed by atoms with Gasteiger partial charge >= 0.3 is 17.9 Å². The van der Waals surface area contributed by atoms with Crippen LogP contribution in [0.1, 0.15) is 152 Å². The van der Waals surface area contributed by atoms with Gasteiger partial charge in [0.1, 0.15) is 45.9 Å². The molecule has 10 aromatic rings. The second-order valence-electron chi connectivity index (χ2n) is 27.2. The average Bonchev–Trinajstić information content (AvgIpc) is 1.64. The lowest BCUT2D eigenvalue weighted by molar-refractivity contribution is -0.00732. The molecule has 10 aliphatic heterocycles. The molecule has 21 heteroatoms. The van der Waals surface area contributed by atoms with Gasteiger partial charge in [-0.15, -0.1) is 0 Å². The summed E-state index contributed by atoms with van der Waals surface area (Å²) in [5, 5.41) is 18.3. The number of nitrogens with zero attached hydrogens (tertiary/aromatic N) is 1. The van der Waals surface area contributed by atoms with E-state index < -0.39 is 22.4 Å². The highest BCUT2D eigenvalue weighted by atomic mass is 127. The van der Waals surface area contributed by atoms with E-state index in [4.69, 9.17) is 58.8 Å². The van der Waals surface area contributed by atoms with E-state index in [2.05, 4.69) is 162 Å². The van der Waals surface area contributed by atoms with Crippen LogP contribution >= 0.6 is 99.6 Å². The molecule has 5 spiro atoms. The predicted octanol–water partition coefficient (Wildman–Crippen LogP) is 18.4. The van der Waals surface area contributed by atoms with Crippen LogP contribution in [0, 0.1) is 43.8 Å². The van der Waals surface area contributed by atoms with E-state index in [-0.39, 0.29) is 35.1 Å². The third-order valence-corrected chi connectivity index (χ3v) is 26.0. The lowest BCUT2D eigenvalue weighted by Crippen LogP contribution is -2.34. The number of aliphatic imine (C=N–C) groups is 1. The van der Waals surface area contributed by atoms with Crippen molar-refractivity contribution in [3.05, 3.63) is 307 Å². The Kier molecular flexibility index (Phi) is 18.5. The molecule has 16 nitrogen and oxygen atoms in total. The molecule has 0 saturated heterocycles. The molecule has 0 fully saturated rings. The summed E-state index contributed by atoms with van der Waals surface area (Å²) >= 11 is 13.7. The minimum atomic E-state index is -0.811. The third kappa shape index (κ3) is 11.6. The summed E-state index contributed by atoms with van der Waals surface area (Å²) < 4.78 is 57.1. The highest BCUT2D eigenvalue weighted by molar-refractivity contribution is 14.1. The Hall–Kier alpha value is -8.50. The molecule has 0 aromatic heterocycles. The largest absolute Gasteiger partial charge is 0.506 e. The summed E-state index contributed by atoms with van der Waals surface area (Å²) in [6.07, 6.45) is 3.41. The monoisotopic (exact) mass is 1860 g/mol. The lowest BCUT2D eigenvalue weighted by atomic mass is 9.79. The SMILES string of the molecule is Cc1c(Br)cc2c(c1Br)OCCC21OC(=O)c2ccccc21.Cc1cc2c(cc1I)C1(CCO2)OC(=N)c2ccccc21.Cc1ccc2c(c1)OCCC21N=C(N)c2ccccc21.Cc1ccc2c(c1)OCCC21OC(=O)c2ccccc21.O=C1OC2(CCOc3c2cc(I)c(O)c3I)c2ccccc21. The van der Waals surface area contributed by atoms with Gasteiger partial charge in [0.05, 0.1) is 61.3 Å². The van der Waals surface area contributed by atoms with Gasteiger partial charge in [0.25, 0.3) is 0 Å². The number of halogens is 5. The van der Waals surface area contributed by atoms with Crippen molar-refractivity contribution in [3.8, 4) is 34.5 Å². The third-order valence-electron chi connectivity index (χ3n) is 21.2. The second-order valence-corrected chi connectivity index (χ2v) is 32.2. The van der Waals surface area contributed by atoms with E-state index in [1.54, 1.807) is 6.07 Å². The van der Waals surface area contributed by atoms with Gasteiger partial charge in [-0.2, -0.15) is 0 Å².